The minimum absolute atomic E-state index is 0.0452. The number of amides is 3. The van der Waals surface area contributed by atoms with E-state index < -0.39 is 23.4 Å². The van der Waals surface area contributed by atoms with Crippen LogP contribution in [0.25, 0.3) is 0 Å². The van der Waals surface area contributed by atoms with Gasteiger partial charge < -0.3 is 9.32 Å². The maximum atomic E-state index is 13.0. The number of benzene rings is 1. The molecule has 1 atom stereocenters. The zero-order chi connectivity index (χ0) is 19.1. The molecule has 1 aromatic heterocycles. The van der Waals surface area contributed by atoms with Gasteiger partial charge >= 0.3 is 0 Å². The summed E-state index contributed by atoms with van der Waals surface area (Å²) in [6, 6.07) is 9.49. The first kappa shape index (κ1) is 17.9. The fourth-order valence-corrected chi connectivity index (χ4v) is 3.22. The van der Waals surface area contributed by atoms with Crippen LogP contribution in [0.15, 0.2) is 47.1 Å². The molecule has 0 spiro atoms. The van der Waals surface area contributed by atoms with Crippen molar-refractivity contribution in [2.75, 3.05) is 4.90 Å². The smallest absolute Gasteiger partial charge is 0.290 e. The zero-order valence-electron chi connectivity index (χ0n) is 15.4. The fourth-order valence-electron chi connectivity index (χ4n) is 3.22. The Bertz CT molecular complexity index is 832. The molecule has 6 heteroatoms. The molecule has 6 nitrogen and oxygen atoms in total. The van der Waals surface area contributed by atoms with E-state index in [2.05, 4.69) is 0 Å². The minimum Gasteiger partial charge on any atom is -0.459 e. The van der Waals surface area contributed by atoms with Gasteiger partial charge in [-0.25, -0.2) is 4.90 Å². The summed E-state index contributed by atoms with van der Waals surface area (Å²) in [4.78, 5) is 41.1. The van der Waals surface area contributed by atoms with Crippen molar-refractivity contribution < 1.29 is 18.8 Å². The van der Waals surface area contributed by atoms with E-state index in [0.29, 0.717) is 5.69 Å². The summed E-state index contributed by atoms with van der Waals surface area (Å²) >= 11 is 0. The Labute approximate surface area is 152 Å². The van der Waals surface area contributed by atoms with Gasteiger partial charge in [-0.1, -0.05) is 17.7 Å². The lowest BCUT2D eigenvalue weighted by Crippen LogP contribution is -2.54. The Kier molecular flexibility index (Phi) is 4.44. The monoisotopic (exact) mass is 354 g/mol. The number of imide groups is 1. The first-order valence-electron chi connectivity index (χ1n) is 8.51. The molecule has 0 bridgehead atoms. The number of carbonyl (C=O) groups excluding carboxylic acids is 3. The highest BCUT2D eigenvalue weighted by Crippen LogP contribution is 2.31. The average Bonchev–Trinajstić information content (AvgIpc) is 3.17. The van der Waals surface area contributed by atoms with E-state index in [1.54, 1.807) is 24.3 Å². The minimum atomic E-state index is -0.860. The van der Waals surface area contributed by atoms with Gasteiger partial charge in [-0.05, 0) is 52.0 Å². The molecule has 1 unspecified atom stereocenters. The van der Waals surface area contributed by atoms with Crippen molar-refractivity contribution in [2.24, 2.45) is 0 Å². The molecule has 2 aromatic rings. The molecular formula is C20H22N2O4. The van der Waals surface area contributed by atoms with Crippen LogP contribution in [0, 0.1) is 6.92 Å². The number of carbonyl (C=O) groups is 3. The number of rotatable bonds is 3. The topological polar surface area (TPSA) is 70.8 Å². The van der Waals surface area contributed by atoms with Crippen LogP contribution >= 0.6 is 0 Å². The van der Waals surface area contributed by atoms with Gasteiger partial charge in [0.15, 0.2) is 5.76 Å². The largest absolute Gasteiger partial charge is 0.459 e. The molecule has 0 N–H and O–H groups in total. The van der Waals surface area contributed by atoms with Crippen molar-refractivity contribution in [3.05, 3.63) is 54.0 Å². The molecule has 3 rings (SSSR count). The Balaban J connectivity index is 1.96. The molecule has 1 aliphatic rings. The van der Waals surface area contributed by atoms with E-state index in [4.69, 9.17) is 4.42 Å². The Morgan fingerprint density at radius 1 is 1.15 bits per heavy atom. The Morgan fingerprint density at radius 2 is 1.81 bits per heavy atom. The van der Waals surface area contributed by atoms with E-state index in [1.165, 1.54) is 11.2 Å². The molecule has 1 aliphatic heterocycles. The highest BCUT2D eigenvalue weighted by molar-refractivity contribution is 6.23. The summed E-state index contributed by atoms with van der Waals surface area (Å²) in [6.45, 7) is 7.43. The van der Waals surface area contributed by atoms with Gasteiger partial charge in [0.05, 0.1) is 18.4 Å². The van der Waals surface area contributed by atoms with Crippen LogP contribution < -0.4 is 4.90 Å². The molecule has 1 fully saturated rings. The highest BCUT2D eigenvalue weighted by atomic mass is 16.3. The van der Waals surface area contributed by atoms with Crippen LogP contribution in [-0.2, 0) is 9.59 Å². The van der Waals surface area contributed by atoms with Crippen LogP contribution in [-0.4, -0.2) is 34.2 Å². The summed E-state index contributed by atoms with van der Waals surface area (Å²) in [6.07, 6.45) is 1.37. The van der Waals surface area contributed by atoms with E-state index in [-0.39, 0.29) is 18.1 Å². The quantitative estimate of drug-likeness (QED) is 0.794. The van der Waals surface area contributed by atoms with Gasteiger partial charge in [0, 0.05) is 5.54 Å². The van der Waals surface area contributed by atoms with Crippen molar-refractivity contribution in [2.45, 2.75) is 45.7 Å². The number of nitrogens with zero attached hydrogens (tertiary/aromatic N) is 2. The molecule has 1 aromatic carbocycles. The standard InChI is InChI=1S/C20H22N2O4/c1-13-7-9-14(10-8-13)21-17(23)12-15(18(21)24)22(20(2,3)4)19(25)16-6-5-11-26-16/h5-11,15H,12H2,1-4H3. The number of anilines is 1. The second-order valence-electron chi connectivity index (χ2n) is 7.45. The number of furan rings is 1. The lowest BCUT2D eigenvalue weighted by molar-refractivity contribution is -0.123. The molecule has 0 aliphatic carbocycles. The van der Waals surface area contributed by atoms with Crippen LogP contribution in [0.1, 0.15) is 43.3 Å². The third kappa shape index (κ3) is 3.14. The fraction of sp³-hybridized carbons (Fsp3) is 0.350. The summed E-state index contributed by atoms with van der Waals surface area (Å²) in [5.41, 5.74) is 0.898. The van der Waals surface area contributed by atoms with Crippen LogP contribution in [0.5, 0.6) is 0 Å². The van der Waals surface area contributed by atoms with E-state index in [9.17, 15) is 14.4 Å². The van der Waals surface area contributed by atoms with Gasteiger partial charge in [0.2, 0.25) is 5.91 Å². The van der Waals surface area contributed by atoms with Crippen LogP contribution in [0.2, 0.25) is 0 Å². The Hall–Kier alpha value is -2.89. The van der Waals surface area contributed by atoms with Crippen LogP contribution in [0.3, 0.4) is 0 Å². The van der Waals surface area contributed by atoms with Gasteiger partial charge in [0.1, 0.15) is 6.04 Å². The molecular weight excluding hydrogens is 332 g/mol. The van der Waals surface area contributed by atoms with E-state index >= 15 is 0 Å². The molecule has 26 heavy (non-hydrogen) atoms. The van der Waals surface area contributed by atoms with Crippen molar-refractivity contribution in [1.82, 2.24) is 4.90 Å². The number of hydrogen-bond donors (Lipinski definition) is 0. The van der Waals surface area contributed by atoms with E-state index in [0.717, 1.165) is 10.5 Å². The highest BCUT2D eigenvalue weighted by Gasteiger charge is 2.48. The molecule has 2 heterocycles. The molecule has 1 saturated heterocycles. The predicted molar refractivity (Wildman–Crippen MR) is 96.7 cm³/mol. The third-order valence-electron chi connectivity index (χ3n) is 4.40. The second kappa shape index (κ2) is 6.44. The maximum Gasteiger partial charge on any atom is 0.290 e. The summed E-state index contributed by atoms with van der Waals surface area (Å²) in [5, 5.41) is 0. The van der Waals surface area contributed by atoms with Crippen molar-refractivity contribution in [3.63, 3.8) is 0 Å². The normalized spacial score (nSPS) is 17.7. The molecule has 0 radical (unpaired) electrons. The molecule has 0 saturated carbocycles. The van der Waals surface area contributed by atoms with Gasteiger partial charge in [0.25, 0.3) is 11.8 Å². The Morgan fingerprint density at radius 3 is 2.35 bits per heavy atom. The van der Waals surface area contributed by atoms with Crippen molar-refractivity contribution >= 4 is 23.4 Å². The second-order valence-corrected chi connectivity index (χ2v) is 7.45. The lowest BCUT2D eigenvalue weighted by atomic mass is 10.0. The lowest BCUT2D eigenvalue weighted by Gasteiger charge is -2.38. The average molecular weight is 354 g/mol. The summed E-state index contributed by atoms with van der Waals surface area (Å²) < 4.78 is 5.22. The van der Waals surface area contributed by atoms with Gasteiger partial charge in [-0.15, -0.1) is 0 Å². The number of aryl methyl sites for hydroxylation is 1. The summed E-state index contributed by atoms with van der Waals surface area (Å²) in [7, 11) is 0. The van der Waals surface area contributed by atoms with E-state index in [1.807, 2.05) is 39.8 Å². The van der Waals surface area contributed by atoms with Crippen molar-refractivity contribution in [1.29, 1.82) is 0 Å². The SMILES string of the molecule is Cc1ccc(N2C(=O)CC(N(C(=O)c3ccco3)C(C)(C)C)C2=O)cc1. The predicted octanol–water partition coefficient (Wildman–Crippen LogP) is 3.16. The van der Waals surface area contributed by atoms with Crippen molar-refractivity contribution in [3.8, 4) is 0 Å². The third-order valence-corrected chi connectivity index (χ3v) is 4.40. The van der Waals surface area contributed by atoms with Crippen LogP contribution in [0.4, 0.5) is 5.69 Å². The van der Waals surface area contributed by atoms with Gasteiger partial charge in [-0.2, -0.15) is 0 Å². The molecule has 3 amide bonds. The summed E-state index contributed by atoms with van der Waals surface area (Å²) in [5.74, 6) is -0.965. The number of hydrogen-bond acceptors (Lipinski definition) is 4. The van der Waals surface area contributed by atoms with Gasteiger partial charge in [-0.3, -0.25) is 14.4 Å². The zero-order valence-corrected chi connectivity index (χ0v) is 15.4. The molecule has 136 valence electrons. The first-order valence-corrected chi connectivity index (χ1v) is 8.51. The maximum absolute atomic E-state index is 13.0. The first-order chi connectivity index (χ1) is 12.2.